The molecule has 11 heavy (non-hydrogen) atoms. The van der Waals surface area contributed by atoms with E-state index in [1.807, 2.05) is 0 Å². The molecule has 0 aromatic carbocycles. The van der Waals surface area contributed by atoms with Crippen LogP contribution in [0.4, 0.5) is 0 Å². The maximum Gasteiger partial charge on any atom is 0.321 e. The second kappa shape index (κ2) is 8.24. The summed E-state index contributed by atoms with van der Waals surface area (Å²) in [6, 6.07) is -1.29. The van der Waals surface area contributed by atoms with E-state index in [0.717, 1.165) is 0 Å². The summed E-state index contributed by atoms with van der Waals surface area (Å²) in [5.41, 5.74) is 4.84. The van der Waals surface area contributed by atoms with E-state index in [1.54, 1.807) is 0 Å². The topological polar surface area (TPSA) is 101 Å². The van der Waals surface area contributed by atoms with E-state index in [4.69, 9.17) is 15.9 Å². The van der Waals surface area contributed by atoms with Crippen LogP contribution in [0.15, 0.2) is 0 Å². The zero-order valence-electron chi connectivity index (χ0n) is 4.98. The van der Waals surface area contributed by atoms with Gasteiger partial charge in [-0.3, -0.25) is 9.59 Å². The predicted octanol–water partition coefficient (Wildman–Crippen LogP) is -1.47. The molecule has 0 saturated carbocycles. The molecule has 4 N–H and O–H groups in total. The number of carbonyl (C=O) groups is 2. The molecule has 1 atom stereocenters. The van der Waals surface area contributed by atoms with Crippen molar-refractivity contribution in [1.82, 2.24) is 0 Å². The summed E-state index contributed by atoms with van der Waals surface area (Å²) in [5, 5.41) is 16.0. The van der Waals surface area contributed by atoms with Crippen LogP contribution in [0.1, 0.15) is 6.42 Å². The molecule has 0 saturated heterocycles. The summed E-state index contributed by atoms with van der Waals surface area (Å²) in [5.74, 6) is -2.50. The second-order valence-corrected chi connectivity index (χ2v) is 1.54. The maximum absolute atomic E-state index is 9.85. The van der Waals surface area contributed by atoms with Crippen LogP contribution >= 0.6 is 17.0 Å². The molecule has 0 radical (unpaired) electrons. The summed E-state index contributed by atoms with van der Waals surface area (Å²) in [6.07, 6.45) is -0.532. The van der Waals surface area contributed by atoms with E-state index in [-0.39, 0.29) is 40.0 Å². The molecule has 1 unspecified atom stereocenters. The van der Waals surface area contributed by atoms with Gasteiger partial charge in [-0.05, 0) is 0 Å². The lowest BCUT2D eigenvalue weighted by molar-refractivity contribution is -0.144. The van der Waals surface area contributed by atoms with Crippen molar-refractivity contribution in [1.29, 1.82) is 0 Å². The van der Waals surface area contributed by atoms with Crippen molar-refractivity contribution in [3.8, 4) is 0 Å². The molecule has 64 valence electrons. The molecule has 0 aliphatic rings. The fraction of sp³-hybridized carbons (Fsp3) is 0.500. The molecule has 0 aliphatic carbocycles. The fourth-order valence-corrected chi connectivity index (χ4v) is 0.275. The molecule has 0 aromatic rings. The van der Waals surface area contributed by atoms with E-state index in [0.29, 0.717) is 0 Å². The van der Waals surface area contributed by atoms with Gasteiger partial charge in [0.05, 0.1) is 6.42 Å². The molecular weight excluding hydrogens is 230 g/mol. The molecule has 0 amide bonds. The lowest BCUT2D eigenvalue weighted by Gasteiger charge is -1.99. The van der Waals surface area contributed by atoms with Gasteiger partial charge in [0.2, 0.25) is 0 Å². The number of halogens is 1. The first-order chi connectivity index (χ1) is 4.04. The predicted molar refractivity (Wildman–Crippen MR) is 46.7 cm³/mol. The standard InChI is InChI=1S/C4H7NO4.BrH.Mg.2H/c5-2(4(8)9)1-3(6)7;;;;/h2H,1,5H2,(H,6,7)(H,8,9);1H;;;. The van der Waals surface area contributed by atoms with E-state index in [2.05, 4.69) is 0 Å². The first kappa shape index (κ1) is 17.3. The molecule has 0 fully saturated rings. The number of hydrogen-bond acceptors (Lipinski definition) is 3. The summed E-state index contributed by atoms with van der Waals surface area (Å²) in [4.78, 5) is 19.6. The van der Waals surface area contributed by atoms with Crippen LogP contribution < -0.4 is 5.73 Å². The Hall–Kier alpha value is 0.146. The van der Waals surface area contributed by atoms with Gasteiger partial charge in [0.1, 0.15) is 6.04 Å². The SMILES string of the molecule is Br.NC(CC(=O)O)C(=O)O.[MgH2]. The van der Waals surface area contributed by atoms with Gasteiger partial charge in [0.15, 0.2) is 0 Å². The zero-order valence-corrected chi connectivity index (χ0v) is 6.69. The van der Waals surface area contributed by atoms with Gasteiger partial charge in [-0.1, -0.05) is 0 Å². The Morgan fingerprint density at radius 2 is 1.73 bits per heavy atom. The van der Waals surface area contributed by atoms with Gasteiger partial charge >= 0.3 is 35.0 Å². The average Bonchev–Trinajstić information content (AvgIpc) is 1.63. The van der Waals surface area contributed by atoms with Crippen molar-refractivity contribution in [3.05, 3.63) is 0 Å². The molecule has 0 aliphatic heterocycles. The van der Waals surface area contributed by atoms with Crippen LogP contribution in [0.5, 0.6) is 0 Å². The number of carboxylic acid groups (broad SMARTS) is 2. The van der Waals surface area contributed by atoms with Gasteiger partial charge in [-0.15, -0.1) is 17.0 Å². The highest BCUT2D eigenvalue weighted by Crippen LogP contribution is 1.86. The van der Waals surface area contributed by atoms with E-state index in [1.165, 1.54) is 0 Å². The van der Waals surface area contributed by atoms with Crippen molar-refractivity contribution >= 4 is 52.0 Å². The van der Waals surface area contributed by atoms with Crippen molar-refractivity contribution in [2.75, 3.05) is 0 Å². The lowest BCUT2D eigenvalue weighted by Crippen LogP contribution is -2.32. The Kier molecular flexibility index (Phi) is 13.0. The largest absolute Gasteiger partial charge is 0.481 e. The van der Waals surface area contributed by atoms with Crippen LogP contribution in [-0.2, 0) is 9.59 Å². The quantitative estimate of drug-likeness (QED) is 0.523. The molecule has 7 heteroatoms. The minimum atomic E-state index is -1.29. The molecule has 0 rings (SSSR count). The van der Waals surface area contributed by atoms with Crippen molar-refractivity contribution in [3.63, 3.8) is 0 Å². The van der Waals surface area contributed by atoms with Crippen LogP contribution in [0.2, 0.25) is 0 Å². The molecule has 0 bridgehead atoms. The zero-order chi connectivity index (χ0) is 7.44. The minimum absolute atomic E-state index is 0. The molecule has 0 spiro atoms. The lowest BCUT2D eigenvalue weighted by atomic mass is 10.2. The van der Waals surface area contributed by atoms with Gasteiger partial charge < -0.3 is 15.9 Å². The van der Waals surface area contributed by atoms with E-state index < -0.39 is 24.4 Å². The molecule has 0 aromatic heterocycles. The highest BCUT2D eigenvalue weighted by molar-refractivity contribution is 8.93. The third-order valence-electron chi connectivity index (χ3n) is 0.712. The van der Waals surface area contributed by atoms with Crippen molar-refractivity contribution in [2.45, 2.75) is 12.5 Å². The molecule has 0 heterocycles. The summed E-state index contributed by atoms with van der Waals surface area (Å²) in [6.45, 7) is 0. The van der Waals surface area contributed by atoms with Crippen molar-refractivity contribution < 1.29 is 19.8 Å². The van der Waals surface area contributed by atoms with E-state index >= 15 is 0 Å². The van der Waals surface area contributed by atoms with Crippen LogP contribution in [0.25, 0.3) is 0 Å². The third kappa shape index (κ3) is 10.1. The average molecular weight is 240 g/mol. The third-order valence-corrected chi connectivity index (χ3v) is 0.712. The normalized spacial score (nSPS) is 10.3. The Morgan fingerprint density at radius 1 is 1.36 bits per heavy atom. The highest BCUT2D eigenvalue weighted by atomic mass is 79.9. The number of rotatable bonds is 3. The first-order valence-electron chi connectivity index (χ1n) is 2.24. The number of aliphatic carboxylic acids is 2. The van der Waals surface area contributed by atoms with Crippen molar-refractivity contribution in [2.24, 2.45) is 5.73 Å². The monoisotopic (exact) mass is 239 g/mol. The maximum atomic E-state index is 9.85. The molecular formula is C4H10BrMgNO4. The van der Waals surface area contributed by atoms with Crippen LogP contribution in [0, 0.1) is 0 Å². The Morgan fingerprint density at radius 3 is 1.82 bits per heavy atom. The summed E-state index contributed by atoms with van der Waals surface area (Å²) in [7, 11) is 0. The first-order valence-corrected chi connectivity index (χ1v) is 2.24. The number of carboxylic acids is 2. The Balaban J connectivity index is -0.000000320. The highest BCUT2D eigenvalue weighted by Gasteiger charge is 2.14. The summed E-state index contributed by atoms with van der Waals surface area (Å²) >= 11 is 0. The van der Waals surface area contributed by atoms with Gasteiger partial charge in [-0.25, -0.2) is 0 Å². The summed E-state index contributed by atoms with van der Waals surface area (Å²) < 4.78 is 0. The smallest absolute Gasteiger partial charge is 0.321 e. The second-order valence-electron chi connectivity index (χ2n) is 1.54. The van der Waals surface area contributed by atoms with Gasteiger partial charge in [-0.2, -0.15) is 0 Å². The Labute approximate surface area is 89.9 Å². The number of nitrogens with two attached hydrogens (primary N) is 1. The van der Waals surface area contributed by atoms with E-state index in [9.17, 15) is 9.59 Å². The van der Waals surface area contributed by atoms with Crippen LogP contribution in [-0.4, -0.2) is 51.2 Å². The minimum Gasteiger partial charge on any atom is -0.481 e. The Bertz CT molecular complexity index is 142. The number of hydrogen-bond donors (Lipinski definition) is 3. The van der Waals surface area contributed by atoms with Crippen LogP contribution in [0.3, 0.4) is 0 Å². The van der Waals surface area contributed by atoms with Gasteiger partial charge in [0.25, 0.3) is 0 Å². The fourth-order valence-electron chi connectivity index (χ4n) is 0.275. The van der Waals surface area contributed by atoms with Gasteiger partial charge in [0, 0.05) is 0 Å². The molecule has 5 nitrogen and oxygen atoms in total.